The molecular weight excluding hydrogens is 600 g/mol. The van der Waals surface area contributed by atoms with Gasteiger partial charge in [-0.05, 0) is 92.5 Å². The van der Waals surface area contributed by atoms with Crippen LogP contribution in [0.3, 0.4) is 0 Å². The Labute approximate surface area is 288 Å². The molecule has 1 heterocycles. The molecule has 48 heavy (non-hydrogen) atoms. The number of hydrogen-bond acceptors (Lipinski definition) is 8. The number of carbonyl (C=O) groups excluding carboxylic acids is 2. The lowest BCUT2D eigenvalue weighted by Gasteiger charge is -2.28. The van der Waals surface area contributed by atoms with Crippen molar-refractivity contribution in [2.75, 3.05) is 45.0 Å². The number of piperazine rings is 1. The first kappa shape index (κ1) is 41.7. The van der Waals surface area contributed by atoms with Crippen molar-refractivity contribution >= 4 is 35.5 Å². The summed E-state index contributed by atoms with van der Waals surface area (Å²) in [5, 5.41) is 13.9. The topological polar surface area (TPSA) is 176 Å². The van der Waals surface area contributed by atoms with Crippen molar-refractivity contribution < 1.29 is 9.59 Å². The summed E-state index contributed by atoms with van der Waals surface area (Å²) in [5.74, 6) is 0.0155. The number of nitrogens with two attached hydrogens (primary N) is 3. The number of aliphatic imine (C=N–C) groups is 1. The van der Waals surface area contributed by atoms with E-state index in [0.717, 1.165) is 86.0 Å². The quantitative estimate of drug-likeness (QED) is 0.0742. The van der Waals surface area contributed by atoms with Gasteiger partial charge in [0.1, 0.15) is 0 Å². The molecule has 2 aliphatic rings. The number of allylic oxidation sites excluding steroid dienone is 5. The summed E-state index contributed by atoms with van der Waals surface area (Å²) in [6, 6.07) is 3.96. The van der Waals surface area contributed by atoms with Gasteiger partial charge in [0.05, 0.1) is 11.3 Å². The first-order valence-corrected chi connectivity index (χ1v) is 17.2. The van der Waals surface area contributed by atoms with Crippen molar-refractivity contribution in [3.63, 3.8) is 0 Å². The van der Waals surface area contributed by atoms with E-state index in [4.69, 9.17) is 21.9 Å². The molecule has 264 valence electrons. The van der Waals surface area contributed by atoms with Gasteiger partial charge >= 0.3 is 0 Å². The van der Waals surface area contributed by atoms with Crippen LogP contribution in [-0.2, 0) is 9.59 Å². The molecule has 1 aromatic carbocycles. The maximum atomic E-state index is 13.2. The van der Waals surface area contributed by atoms with Crippen LogP contribution in [-0.4, -0.2) is 68.4 Å². The minimum absolute atomic E-state index is 0.0227. The third-order valence-electron chi connectivity index (χ3n) is 7.86. The summed E-state index contributed by atoms with van der Waals surface area (Å²) in [6.45, 7) is 17.1. The maximum absolute atomic E-state index is 13.2. The van der Waals surface area contributed by atoms with Crippen LogP contribution in [0, 0.1) is 12.3 Å². The monoisotopic (exact) mass is 660 g/mol. The molecule has 1 aliphatic heterocycles. The van der Waals surface area contributed by atoms with Crippen molar-refractivity contribution in [3.8, 4) is 0 Å². The lowest BCUT2D eigenvalue weighted by Crippen LogP contribution is -2.47. The highest BCUT2D eigenvalue weighted by Crippen LogP contribution is 2.42. The Bertz CT molecular complexity index is 1360. The third-order valence-corrected chi connectivity index (χ3v) is 7.86. The molecule has 1 aliphatic carbocycles. The summed E-state index contributed by atoms with van der Waals surface area (Å²) >= 11 is 0. The van der Waals surface area contributed by atoms with E-state index in [9.17, 15) is 9.59 Å². The summed E-state index contributed by atoms with van der Waals surface area (Å²) < 4.78 is 0. The van der Waals surface area contributed by atoms with Crippen LogP contribution in [0.15, 0.2) is 70.5 Å². The number of benzene rings is 1. The van der Waals surface area contributed by atoms with E-state index in [1.165, 1.54) is 30.5 Å². The van der Waals surface area contributed by atoms with Gasteiger partial charge in [-0.25, -0.2) is 0 Å². The molecule has 0 saturated carbocycles. The number of unbranched alkanes of at least 4 members (excludes halogenated alkanes) is 1. The van der Waals surface area contributed by atoms with Crippen LogP contribution < -0.4 is 27.8 Å². The summed E-state index contributed by atoms with van der Waals surface area (Å²) in [7, 11) is 0. The Balaban J connectivity index is 0.00000101. The van der Waals surface area contributed by atoms with Gasteiger partial charge in [0, 0.05) is 69.9 Å². The fourth-order valence-electron chi connectivity index (χ4n) is 5.57. The second kappa shape index (κ2) is 23.9. The Morgan fingerprint density at radius 2 is 1.81 bits per heavy atom. The molecule has 0 spiro atoms. The second-order valence-electron chi connectivity index (χ2n) is 11.5. The smallest absolute Gasteiger partial charge is 0.255 e. The van der Waals surface area contributed by atoms with Gasteiger partial charge in [0.25, 0.3) is 5.91 Å². The van der Waals surface area contributed by atoms with Crippen LogP contribution in [0.25, 0.3) is 5.57 Å². The van der Waals surface area contributed by atoms with Gasteiger partial charge in [-0.1, -0.05) is 51.1 Å². The highest BCUT2D eigenvalue weighted by Gasteiger charge is 2.24. The predicted octanol–water partition coefficient (Wildman–Crippen LogP) is 5.54. The average Bonchev–Trinajstić information content (AvgIpc) is 3.09. The van der Waals surface area contributed by atoms with Crippen LogP contribution in [0.1, 0.15) is 89.3 Å². The molecule has 1 saturated heterocycles. The number of nitrogens with zero attached hydrogens (tertiary/aromatic N) is 2. The Hall–Kier alpha value is -4.28. The van der Waals surface area contributed by atoms with Gasteiger partial charge in [0.2, 0.25) is 5.91 Å². The molecule has 10 nitrogen and oxygen atoms in total. The van der Waals surface area contributed by atoms with E-state index in [0.29, 0.717) is 37.4 Å². The zero-order valence-corrected chi connectivity index (χ0v) is 30.0. The molecule has 0 unspecified atom stereocenters. The molecule has 0 radical (unpaired) electrons. The third kappa shape index (κ3) is 13.4. The highest BCUT2D eigenvalue weighted by atomic mass is 16.2. The second-order valence-corrected chi connectivity index (χ2v) is 11.5. The molecule has 0 bridgehead atoms. The number of rotatable bonds is 12. The number of hydrogen-bond donors (Lipinski definition) is 6. The molecule has 0 aromatic heterocycles. The first-order chi connectivity index (χ1) is 23.1. The fourth-order valence-corrected chi connectivity index (χ4v) is 5.57. The van der Waals surface area contributed by atoms with Crippen molar-refractivity contribution in [2.45, 2.75) is 79.6 Å². The van der Waals surface area contributed by atoms with Crippen LogP contribution >= 0.6 is 0 Å². The molecule has 2 amide bonds. The van der Waals surface area contributed by atoms with E-state index in [1.807, 2.05) is 24.0 Å². The summed E-state index contributed by atoms with van der Waals surface area (Å²) in [6.07, 6.45) is 17.7. The minimum atomic E-state index is -0.0227. The highest BCUT2D eigenvalue weighted by molar-refractivity contribution is 6.12. The number of nitrogen functional groups attached to an aromatic ring is 1. The van der Waals surface area contributed by atoms with E-state index in [1.54, 1.807) is 6.21 Å². The number of aryl methyl sites for hydroxylation is 1. The zero-order chi connectivity index (χ0) is 35.9. The Morgan fingerprint density at radius 1 is 1.15 bits per heavy atom. The normalized spacial score (nSPS) is 15.6. The zero-order valence-electron chi connectivity index (χ0n) is 30.0. The largest absolute Gasteiger partial charge is 0.405 e. The van der Waals surface area contributed by atoms with Crippen LogP contribution in [0.5, 0.6) is 0 Å². The average molecular weight is 661 g/mol. The molecule has 0 atom stereocenters. The van der Waals surface area contributed by atoms with E-state index in [2.05, 4.69) is 61.9 Å². The number of amides is 2. The molecule has 9 N–H and O–H groups in total. The minimum Gasteiger partial charge on any atom is -0.405 e. The van der Waals surface area contributed by atoms with Gasteiger partial charge in [-0.15, -0.1) is 0 Å². The molecule has 1 fully saturated rings. The predicted molar refractivity (Wildman–Crippen MR) is 204 cm³/mol. The standard InChI is InChI=1S/C32H45N5O.C4H10N2O.C2H5N/c1-5-8-12-26(25-13-9-10-14-27(25)31-23(4)15-16-29(34)28(31)21-33)30(11-6-2)36-22-24(7-3)32(38)37-19-17-35-18-20-37;1-4(7)6-3-2-5;1-2-3/h7,11-12,15-16,21-22,33,35H,5-6,8-10,13-14,17-20,34H2,1-4H3;2-3,5H2,1H3,(H,6,7);2H,1,3H2/b24-7+,26-12-,30-11+,33-21?,36-22-;;. The van der Waals surface area contributed by atoms with Crippen molar-refractivity contribution in [1.29, 1.82) is 5.41 Å². The molecule has 3 rings (SSSR count). The van der Waals surface area contributed by atoms with Crippen LogP contribution in [0.2, 0.25) is 0 Å². The molecule has 1 aromatic rings. The molecule has 10 heteroatoms. The lowest BCUT2D eigenvalue weighted by atomic mass is 9.79. The van der Waals surface area contributed by atoms with Crippen LogP contribution in [0.4, 0.5) is 5.69 Å². The van der Waals surface area contributed by atoms with Gasteiger partial charge in [0.15, 0.2) is 0 Å². The van der Waals surface area contributed by atoms with Crippen molar-refractivity contribution in [3.05, 3.63) is 82.2 Å². The SMILES string of the molecule is C=CN.CC(=O)NCCN.C\C=C(/C=N\C(=C\CC)C(=C/CCC)\C1=C(c2c(C)ccc(N)c2C=N)CCCC1)C(=O)N1CCNCC1. The van der Waals surface area contributed by atoms with Crippen molar-refractivity contribution in [1.82, 2.24) is 15.5 Å². The summed E-state index contributed by atoms with van der Waals surface area (Å²) in [5.41, 5.74) is 25.0. The maximum Gasteiger partial charge on any atom is 0.255 e. The molecular formula is C38H60N8O2. The number of carbonyl (C=O) groups is 2. The van der Waals surface area contributed by atoms with E-state index in [-0.39, 0.29) is 11.8 Å². The van der Waals surface area contributed by atoms with Gasteiger partial charge in [-0.3, -0.25) is 14.6 Å². The number of anilines is 1. The summed E-state index contributed by atoms with van der Waals surface area (Å²) in [4.78, 5) is 30.1. The van der Waals surface area contributed by atoms with Gasteiger partial charge in [-0.2, -0.15) is 0 Å². The fraction of sp³-hybridized carbons (Fsp3) is 0.474. The van der Waals surface area contributed by atoms with E-state index >= 15 is 0 Å². The van der Waals surface area contributed by atoms with Gasteiger partial charge < -0.3 is 38.1 Å². The van der Waals surface area contributed by atoms with E-state index < -0.39 is 0 Å². The Kier molecular flexibility index (Phi) is 20.8. The van der Waals surface area contributed by atoms with Crippen molar-refractivity contribution in [2.24, 2.45) is 16.5 Å². The lowest BCUT2D eigenvalue weighted by molar-refractivity contribution is -0.127. The first-order valence-electron chi connectivity index (χ1n) is 17.2. The Morgan fingerprint density at radius 3 is 2.35 bits per heavy atom. The number of nitrogens with one attached hydrogen (secondary N) is 3.